The van der Waals surface area contributed by atoms with Gasteiger partial charge in [-0.2, -0.15) is 0 Å². The maximum absolute atomic E-state index is 11.5. The molecular formula is C19H30O4. The van der Waals surface area contributed by atoms with Gasteiger partial charge < -0.3 is 9.47 Å². The van der Waals surface area contributed by atoms with Crippen LogP contribution in [0.4, 0.5) is 0 Å². The van der Waals surface area contributed by atoms with Crippen LogP contribution in [0.1, 0.15) is 64.7 Å². The van der Waals surface area contributed by atoms with Crippen LogP contribution in [0, 0.1) is 11.8 Å². The van der Waals surface area contributed by atoms with E-state index in [1.807, 2.05) is 7.11 Å². The third-order valence-electron chi connectivity index (χ3n) is 5.12. The van der Waals surface area contributed by atoms with E-state index in [0.717, 1.165) is 25.7 Å². The van der Waals surface area contributed by atoms with E-state index in [-0.39, 0.29) is 24.3 Å². The number of Topliss-reactive ketones (excluding diaryl/α,β-unsaturated/α-hetero) is 1. The lowest BCUT2D eigenvalue weighted by molar-refractivity contribution is -0.152. The zero-order valence-corrected chi connectivity index (χ0v) is 14.5. The number of methoxy groups -OCH3 is 1. The molecule has 130 valence electrons. The SMILES string of the molecule is COC1CCC(C=CC2CCC(OC(=O)CC(C)=O)CC2)CC1. The summed E-state index contributed by atoms with van der Waals surface area (Å²) in [5, 5.41) is 0. The third kappa shape index (κ3) is 6.46. The molecule has 4 heteroatoms. The van der Waals surface area contributed by atoms with Gasteiger partial charge >= 0.3 is 5.97 Å². The van der Waals surface area contributed by atoms with Crippen LogP contribution in [0.15, 0.2) is 12.2 Å². The molecule has 2 rings (SSSR count). The molecule has 0 aliphatic heterocycles. The molecule has 0 aromatic heterocycles. The summed E-state index contributed by atoms with van der Waals surface area (Å²) in [6.45, 7) is 1.42. The molecule has 0 bridgehead atoms. The van der Waals surface area contributed by atoms with Crippen molar-refractivity contribution >= 4 is 11.8 Å². The number of hydrogen-bond donors (Lipinski definition) is 0. The lowest BCUT2D eigenvalue weighted by atomic mass is 9.83. The number of ketones is 1. The number of rotatable bonds is 6. The van der Waals surface area contributed by atoms with Gasteiger partial charge in [0, 0.05) is 7.11 Å². The highest BCUT2D eigenvalue weighted by atomic mass is 16.5. The Morgan fingerprint density at radius 1 is 0.870 bits per heavy atom. The van der Waals surface area contributed by atoms with Crippen LogP contribution in [0.25, 0.3) is 0 Å². The Hall–Kier alpha value is -1.16. The van der Waals surface area contributed by atoms with Crippen LogP contribution >= 0.6 is 0 Å². The number of esters is 1. The molecule has 2 aliphatic rings. The second-order valence-corrected chi connectivity index (χ2v) is 7.06. The maximum atomic E-state index is 11.5. The largest absolute Gasteiger partial charge is 0.462 e. The van der Waals surface area contributed by atoms with Gasteiger partial charge in [0.1, 0.15) is 18.3 Å². The highest BCUT2D eigenvalue weighted by Gasteiger charge is 2.24. The summed E-state index contributed by atoms with van der Waals surface area (Å²) >= 11 is 0. The number of hydrogen-bond acceptors (Lipinski definition) is 4. The molecule has 0 aromatic rings. The minimum Gasteiger partial charge on any atom is -0.462 e. The van der Waals surface area contributed by atoms with E-state index >= 15 is 0 Å². The molecule has 0 N–H and O–H groups in total. The molecule has 0 spiro atoms. The predicted octanol–water partition coefficient (Wildman–Crippen LogP) is 3.83. The lowest BCUT2D eigenvalue weighted by Crippen LogP contribution is -2.25. The van der Waals surface area contributed by atoms with E-state index in [4.69, 9.17) is 9.47 Å². The Morgan fingerprint density at radius 2 is 1.35 bits per heavy atom. The molecule has 0 aromatic carbocycles. The molecule has 0 atom stereocenters. The highest BCUT2D eigenvalue weighted by Crippen LogP contribution is 2.30. The Morgan fingerprint density at radius 3 is 1.78 bits per heavy atom. The average Bonchev–Trinajstić information content (AvgIpc) is 2.54. The second kappa shape index (κ2) is 9.21. The van der Waals surface area contributed by atoms with Crippen molar-refractivity contribution in [2.24, 2.45) is 11.8 Å². The van der Waals surface area contributed by atoms with Gasteiger partial charge in [0.2, 0.25) is 0 Å². The quantitative estimate of drug-likeness (QED) is 0.424. The van der Waals surface area contributed by atoms with Gasteiger partial charge in [-0.25, -0.2) is 0 Å². The molecule has 0 heterocycles. The Bertz CT molecular complexity index is 413. The highest BCUT2D eigenvalue weighted by molar-refractivity contribution is 5.94. The Labute approximate surface area is 139 Å². The van der Waals surface area contributed by atoms with Crippen molar-refractivity contribution in [3.63, 3.8) is 0 Å². The van der Waals surface area contributed by atoms with Crippen molar-refractivity contribution in [3.8, 4) is 0 Å². The van der Waals surface area contributed by atoms with Gasteiger partial charge in [-0.15, -0.1) is 0 Å². The fraction of sp³-hybridized carbons (Fsp3) is 0.789. The molecular weight excluding hydrogens is 292 g/mol. The van der Waals surface area contributed by atoms with E-state index in [0.29, 0.717) is 17.9 Å². The summed E-state index contributed by atoms with van der Waals surface area (Å²) in [5.41, 5.74) is 0. The number of carbonyl (C=O) groups excluding carboxylic acids is 2. The van der Waals surface area contributed by atoms with E-state index in [1.165, 1.54) is 32.6 Å². The number of ether oxygens (including phenoxy) is 2. The second-order valence-electron chi connectivity index (χ2n) is 7.06. The average molecular weight is 322 g/mol. The first-order chi connectivity index (χ1) is 11.1. The van der Waals surface area contributed by atoms with Gasteiger partial charge in [-0.1, -0.05) is 12.2 Å². The first kappa shape index (κ1) is 18.2. The molecule has 2 saturated carbocycles. The molecule has 0 unspecified atom stereocenters. The predicted molar refractivity (Wildman–Crippen MR) is 89.0 cm³/mol. The van der Waals surface area contributed by atoms with Crippen LogP contribution in [-0.4, -0.2) is 31.1 Å². The Kier molecular flexibility index (Phi) is 7.28. The van der Waals surface area contributed by atoms with E-state index in [9.17, 15) is 9.59 Å². The summed E-state index contributed by atoms with van der Waals surface area (Å²) < 4.78 is 10.8. The first-order valence-electron chi connectivity index (χ1n) is 8.97. The van der Waals surface area contributed by atoms with E-state index < -0.39 is 0 Å². The van der Waals surface area contributed by atoms with E-state index in [2.05, 4.69) is 12.2 Å². The Balaban J connectivity index is 1.65. The van der Waals surface area contributed by atoms with Gasteiger partial charge in [0.05, 0.1) is 6.10 Å². The number of allylic oxidation sites excluding steroid dienone is 2. The van der Waals surface area contributed by atoms with Crippen LogP contribution in [-0.2, 0) is 19.1 Å². The minimum absolute atomic E-state index is 0.00337. The molecule has 2 aliphatic carbocycles. The van der Waals surface area contributed by atoms with Crippen LogP contribution in [0.3, 0.4) is 0 Å². The fourth-order valence-corrected chi connectivity index (χ4v) is 3.66. The number of carbonyl (C=O) groups is 2. The van der Waals surface area contributed by atoms with Crippen LogP contribution < -0.4 is 0 Å². The van der Waals surface area contributed by atoms with Crippen molar-refractivity contribution in [3.05, 3.63) is 12.2 Å². The van der Waals surface area contributed by atoms with Crippen molar-refractivity contribution in [2.75, 3.05) is 7.11 Å². The van der Waals surface area contributed by atoms with Crippen LogP contribution in [0.2, 0.25) is 0 Å². The fourth-order valence-electron chi connectivity index (χ4n) is 3.66. The zero-order valence-electron chi connectivity index (χ0n) is 14.5. The minimum atomic E-state index is -0.369. The summed E-state index contributed by atoms with van der Waals surface area (Å²) in [5.74, 6) is 0.812. The molecule has 23 heavy (non-hydrogen) atoms. The van der Waals surface area contributed by atoms with Crippen molar-refractivity contribution in [2.45, 2.75) is 76.9 Å². The molecule has 0 radical (unpaired) electrons. The standard InChI is InChI=1S/C19H30O4/c1-14(20)13-19(21)23-18-11-7-16(8-12-18)4-3-15-5-9-17(22-2)10-6-15/h3-4,15-18H,5-13H2,1-2H3. The molecule has 4 nitrogen and oxygen atoms in total. The van der Waals surface area contributed by atoms with Crippen molar-refractivity contribution < 1.29 is 19.1 Å². The van der Waals surface area contributed by atoms with Gasteiger partial charge in [-0.3, -0.25) is 9.59 Å². The van der Waals surface area contributed by atoms with E-state index in [1.54, 1.807) is 0 Å². The maximum Gasteiger partial charge on any atom is 0.313 e. The normalized spacial score (nSPS) is 31.9. The van der Waals surface area contributed by atoms with Crippen molar-refractivity contribution in [1.29, 1.82) is 0 Å². The van der Waals surface area contributed by atoms with Crippen LogP contribution in [0.5, 0.6) is 0 Å². The summed E-state index contributed by atoms with van der Waals surface area (Å²) in [4.78, 5) is 22.4. The summed E-state index contributed by atoms with van der Waals surface area (Å²) in [6.07, 6.45) is 13.9. The van der Waals surface area contributed by atoms with Gasteiger partial charge in [0.25, 0.3) is 0 Å². The van der Waals surface area contributed by atoms with Gasteiger partial charge in [-0.05, 0) is 70.1 Å². The third-order valence-corrected chi connectivity index (χ3v) is 5.12. The van der Waals surface area contributed by atoms with Gasteiger partial charge in [0.15, 0.2) is 0 Å². The first-order valence-corrected chi connectivity index (χ1v) is 8.97. The smallest absolute Gasteiger partial charge is 0.313 e. The topological polar surface area (TPSA) is 52.6 Å². The molecule has 0 saturated heterocycles. The summed E-state index contributed by atoms with van der Waals surface area (Å²) in [6, 6.07) is 0. The summed E-state index contributed by atoms with van der Waals surface area (Å²) in [7, 11) is 1.81. The molecule has 0 amide bonds. The zero-order chi connectivity index (χ0) is 16.7. The van der Waals surface area contributed by atoms with Crippen molar-refractivity contribution in [1.82, 2.24) is 0 Å². The molecule has 2 fully saturated rings. The monoisotopic (exact) mass is 322 g/mol. The lowest BCUT2D eigenvalue weighted by Gasteiger charge is -2.28.